The standard InChI is InChI=1S/C19H26Cl2N2O/c1-2-3-4-5-6-7-8-14-11-15(20)17(16(21)12-14)23-10-9-19(13-22-19)18(23)24/h11-12,22H,2-10,13H2,1H3. The van der Waals surface area contributed by atoms with E-state index in [1.54, 1.807) is 4.90 Å². The van der Waals surface area contributed by atoms with Crippen molar-refractivity contribution in [2.24, 2.45) is 0 Å². The molecule has 3 rings (SSSR count). The summed E-state index contributed by atoms with van der Waals surface area (Å²) in [6.45, 7) is 3.69. The first kappa shape index (κ1) is 18.0. The van der Waals surface area contributed by atoms with Gasteiger partial charge in [0.25, 0.3) is 0 Å². The van der Waals surface area contributed by atoms with Crippen LogP contribution in [0.15, 0.2) is 12.1 Å². The molecule has 3 nitrogen and oxygen atoms in total. The summed E-state index contributed by atoms with van der Waals surface area (Å²) in [5.74, 6) is 0.106. The van der Waals surface area contributed by atoms with Crippen molar-refractivity contribution in [3.63, 3.8) is 0 Å². The van der Waals surface area contributed by atoms with Gasteiger partial charge in [-0.1, -0.05) is 62.2 Å². The summed E-state index contributed by atoms with van der Waals surface area (Å²) in [5, 5.41) is 4.37. The second kappa shape index (κ2) is 7.63. The van der Waals surface area contributed by atoms with E-state index in [1.165, 1.54) is 32.1 Å². The zero-order chi connectivity index (χ0) is 17.2. The van der Waals surface area contributed by atoms with Crippen molar-refractivity contribution >= 4 is 34.8 Å². The van der Waals surface area contributed by atoms with Crippen LogP contribution in [-0.4, -0.2) is 24.5 Å². The lowest BCUT2D eigenvalue weighted by Gasteiger charge is -2.20. The summed E-state index contributed by atoms with van der Waals surface area (Å²) >= 11 is 13.0. The number of unbranched alkanes of at least 4 members (excludes halogenated alkanes) is 5. The molecule has 1 unspecified atom stereocenters. The first-order valence-electron chi connectivity index (χ1n) is 9.12. The number of halogens is 2. The summed E-state index contributed by atoms with van der Waals surface area (Å²) in [7, 11) is 0. The van der Waals surface area contributed by atoms with E-state index in [9.17, 15) is 4.79 Å². The van der Waals surface area contributed by atoms with Crippen LogP contribution in [0.3, 0.4) is 0 Å². The Kier molecular flexibility index (Phi) is 5.74. The van der Waals surface area contributed by atoms with Gasteiger partial charge in [-0.15, -0.1) is 0 Å². The largest absolute Gasteiger partial charge is 0.308 e. The van der Waals surface area contributed by atoms with E-state index in [2.05, 4.69) is 12.2 Å². The highest BCUT2D eigenvalue weighted by Crippen LogP contribution is 2.41. The molecular weight excluding hydrogens is 343 g/mol. The van der Waals surface area contributed by atoms with Crippen LogP contribution in [0.1, 0.15) is 57.4 Å². The number of nitrogens with one attached hydrogen (secondary N) is 1. The van der Waals surface area contributed by atoms with Gasteiger partial charge in [0, 0.05) is 13.1 Å². The van der Waals surface area contributed by atoms with Crippen LogP contribution >= 0.6 is 23.2 Å². The topological polar surface area (TPSA) is 42.2 Å². The van der Waals surface area contributed by atoms with Crippen molar-refractivity contribution in [1.82, 2.24) is 5.32 Å². The summed E-state index contributed by atoms with van der Waals surface area (Å²) in [5.41, 5.74) is 1.51. The van der Waals surface area contributed by atoms with E-state index in [-0.39, 0.29) is 11.4 Å². The molecule has 1 atom stereocenters. The molecule has 2 aliphatic heterocycles. The zero-order valence-corrected chi connectivity index (χ0v) is 15.8. The molecule has 2 heterocycles. The molecule has 0 aliphatic carbocycles. The highest BCUT2D eigenvalue weighted by atomic mass is 35.5. The molecule has 1 spiro atoms. The first-order valence-corrected chi connectivity index (χ1v) is 9.88. The molecule has 0 bridgehead atoms. The maximum Gasteiger partial charge on any atom is 0.248 e. The Balaban J connectivity index is 1.61. The van der Waals surface area contributed by atoms with Gasteiger partial charge in [-0.3, -0.25) is 10.1 Å². The van der Waals surface area contributed by atoms with Gasteiger partial charge in [-0.25, -0.2) is 0 Å². The van der Waals surface area contributed by atoms with Crippen LogP contribution in [-0.2, 0) is 11.2 Å². The van der Waals surface area contributed by atoms with Gasteiger partial charge < -0.3 is 4.90 Å². The first-order chi connectivity index (χ1) is 11.6. The minimum Gasteiger partial charge on any atom is -0.308 e. The van der Waals surface area contributed by atoms with E-state index in [4.69, 9.17) is 23.2 Å². The summed E-state index contributed by atoms with van der Waals surface area (Å²) in [6, 6.07) is 3.96. The molecule has 1 amide bonds. The summed E-state index contributed by atoms with van der Waals surface area (Å²) in [6.07, 6.45) is 9.45. The predicted octanol–water partition coefficient (Wildman–Crippen LogP) is 4.98. The second-order valence-corrected chi connectivity index (χ2v) is 7.88. The molecule has 0 saturated carbocycles. The molecule has 1 aromatic carbocycles. The maximum atomic E-state index is 12.5. The van der Waals surface area contributed by atoms with Crippen LogP contribution in [0.4, 0.5) is 5.69 Å². The highest BCUT2D eigenvalue weighted by molar-refractivity contribution is 6.40. The van der Waals surface area contributed by atoms with Crippen LogP contribution in [0.25, 0.3) is 0 Å². The smallest absolute Gasteiger partial charge is 0.248 e. The Hall–Kier alpha value is -0.770. The quantitative estimate of drug-likeness (QED) is 0.519. The van der Waals surface area contributed by atoms with Crippen molar-refractivity contribution in [2.45, 2.75) is 63.8 Å². The number of aryl methyl sites for hydroxylation is 1. The lowest BCUT2D eigenvalue weighted by atomic mass is 10.0. The monoisotopic (exact) mass is 368 g/mol. The van der Waals surface area contributed by atoms with Gasteiger partial charge in [0.05, 0.1) is 15.7 Å². The Labute approximate surface area is 154 Å². The van der Waals surface area contributed by atoms with Crippen LogP contribution in [0, 0.1) is 0 Å². The SMILES string of the molecule is CCCCCCCCc1cc(Cl)c(N2CCC3(CN3)C2=O)c(Cl)c1. The number of hydrogen-bond acceptors (Lipinski definition) is 2. The van der Waals surface area contributed by atoms with Crippen molar-refractivity contribution in [1.29, 1.82) is 0 Å². The normalized spacial score (nSPS) is 22.6. The van der Waals surface area contributed by atoms with Gasteiger partial charge in [-0.2, -0.15) is 0 Å². The van der Waals surface area contributed by atoms with Crippen LogP contribution in [0.2, 0.25) is 10.0 Å². The van der Waals surface area contributed by atoms with Crippen molar-refractivity contribution < 1.29 is 4.79 Å². The molecule has 0 aromatic heterocycles. The predicted molar refractivity (Wildman–Crippen MR) is 101 cm³/mol. The summed E-state index contributed by atoms with van der Waals surface area (Å²) < 4.78 is 0. The van der Waals surface area contributed by atoms with Crippen LogP contribution < -0.4 is 10.2 Å². The highest BCUT2D eigenvalue weighted by Gasteiger charge is 2.56. The third-order valence-corrected chi connectivity index (χ3v) is 5.76. The van der Waals surface area contributed by atoms with Gasteiger partial charge in [0.15, 0.2) is 0 Å². The fraction of sp³-hybridized carbons (Fsp3) is 0.632. The Morgan fingerprint density at radius 2 is 1.75 bits per heavy atom. The fourth-order valence-corrected chi connectivity index (χ4v) is 4.28. The number of nitrogens with zero attached hydrogens (tertiary/aromatic N) is 1. The molecule has 0 radical (unpaired) electrons. The maximum absolute atomic E-state index is 12.5. The Morgan fingerprint density at radius 1 is 1.12 bits per heavy atom. The van der Waals surface area contributed by atoms with E-state index < -0.39 is 0 Å². The average Bonchev–Trinajstić information content (AvgIpc) is 3.27. The molecule has 1 aromatic rings. The van der Waals surface area contributed by atoms with Crippen molar-refractivity contribution in [3.05, 3.63) is 27.7 Å². The molecule has 132 valence electrons. The van der Waals surface area contributed by atoms with E-state index in [0.717, 1.165) is 31.4 Å². The fourth-order valence-electron chi connectivity index (χ4n) is 3.55. The van der Waals surface area contributed by atoms with E-state index in [1.807, 2.05) is 12.1 Å². The number of anilines is 1. The Morgan fingerprint density at radius 3 is 2.33 bits per heavy atom. The average molecular weight is 369 g/mol. The molecule has 2 fully saturated rings. The minimum absolute atomic E-state index is 0.106. The summed E-state index contributed by atoms with van der Waals surface area (Å²) in [4.78, 5) is 14.3. The van der Waals surface area contributed by atoms with Gasteiger partial charge in [0.1, 0.15) is 5.54 Å². The van der Waals surface area contributed by atoms with Crippen molar-refractivity contribution in [3.8, 4) is 0 Å². The molecule has 1 N–H and O–H groups in total. The minimum atomic E-state index is -0.330. The zero-order valence-electron chi connectivity index (χ0n) is 14.3. The molecular formula is C19H26Cl2N2O. The third-order valence-electron chi connectivity index (χ3n) is 5.19. The lowest BCUT2D eigenvalue weighted by molar-refractivity contribution is -0.119. The number of carbonyl (C=O) groups is 1. The third kappa shape index (κ3) is 3.74. The van der Waals surface area contributed by atoms with Gasteiger partial charge in [0.2, 0.25) is 5.91 Å². The number of benzene rings is 1. The second-order valence-electron chi connectivity index (χ2n) is 7.07. The number of rotatable bonds is 8. The van der Waals surface area contributed by atoms with E-state index in [0.29, 0.717) is 22.3 Å². The molecule has 24 heavy (non-hydrogen) atoms. The molecule has 5 heteroatoms. The van der Waals surface area contributed by atoms with Crippen molar-refractivity contribution in [2.75, 3.05) is 18.0 Å². The number of hydrogen-bond donors (Lipinski definition) is 1. The lowest BCUT2D eigenvalue weighted by Crippen LogP contribution is -2.33. The van der Waals surface area contributed by atoms with E-state index >= 15 is 0 Å². The number of carbonyl (C=O) groups excluding carboxylic acids is 1. The van der Waals surface area contributed by atoms with Gasteiger partial charge in [-0.05, 0) is 37.0 Å². The molecule has 2 aliphatic rings. The van der Waals surface area contributed by atoms with Crippen LogP contribution in [0.5, 0.6) is 0 Å². The number of amides is 1. The Bertz CT molecular complexity index is 590. The van der Waals surface area contributed by atoms with Gasteiger partial charge >= 0.3 is 0 Å². The molecule has 2 saturated heterocycles.